The van der Waals surface area contributed by atoms with Crippen LogP contribution >= 0.6 is 0 Å². The standard InChI is InChI=1S/C24H25F2NO4S/c1-15(2)20-12-27(17-5-4-6-18(10-17)31-23(25)26)21-8-7-16(9-19(20)21)22(28)11-24(3)13-32(29,30)14-24/h4-10,12,15,23H,11,13-14H2,1-3H3. The third kappa shape index (κ3) is 4.41. The molecule has 1 aliphatic heterocycles. The molecule has 1 aliphatic rings. The third-order valence-electron chi connectivity index (χ3n) is 5.82. The third-order valence-corrected chi connectivity index (χ3v) is 8.10. The van der Waals surface area contributed by atoms with Crippen LogP contribution in [0.25, 0.3) is 16.6 Å². The first-order valence-electron chi connectivity index (χ1n) is 10.4. The van der Waals surface area contributed by atoms with Crippen molar-refractivity contribution in [3.8, 4) is 11.4 Å². The SMILES string of the molecule is CC(C)c1cn(-c2cccc(OC(F)F)c2)c2ccc(C(=O)CC3(C)CS(=O)(=O)C3)cc12. The van der Waals surface area contributed by atoms with Crippen molar-refractivity contribution in [2.24, 2.45) is 5.41 Å². The average molecular weight is 462 g/mol. The van der Waals surface area contributed by atoms with E-state index in [-0.39, 0.29) is 35.4 Å². The highest BCUT2D eigenvalue weighted by molar-refractivity contribution is 7.92. The van der Waals surface area contributed by atoms with Crippen LogP contribution in [0.3, 0.4) is 0 Å². The molecule has 4 rings (SSSR count). The molecular weight excluding hydrogens is 436 g/mol. The normalized spacial score (nSPS) is 17.0. The fraction of sp³-hybridized carbons (Fsp3) is 0.375. The molecule has 2 aromatic carbocycles. The van der Waals surface area contributed by atoms with Crippen LogP contribution in [0.4, 0.5) is 8.78 Å². The lowest BCUT2D eigenvalue weighted by Crippen LogP contribution is -2.47. The van der Waals surface area contributed by atoms with Crippen molar-refractivity contribution in [2.75, 3.05) is 11.5 Å². The number of sulfone groups is 1. The molecule has 0 N–H and O–H groups in total. The Morgan fingerprint density at radius 2 is 1.88 bits per heavy atom. The summed E-state index contributed by atoms with van der Waals surface area (Å²) in [6.45, 7) is 3.02. The van der Waals surface area contributed by atoms with Gasteiger partial charge in [-0.05, 0) is 41.8 Å². The second-order valence-corrected chi connectivity index (χ2v) is 11.2. The summed E-state index contributed by atoms with van der Waals surface area (Å²) < 4.78 is 54.8. The minimum atomic E-state index is -3.02. The summed E-state index contributed by atoms with van der Waals surface area (Å²) in [5.74, 6) is 0.232. The minimum Gasteiger partial charge on any atom is -0.435 e. The molecule has 32 heavy (non-hydrogen) atoms. The van der Waals surface area contributed by atoms with Gasteiger partial charge in [0.05, 0.1) is 17.0 Å². The highest BCUT2D eigenvalue weighted by Gasteiger charge is 2.45. The first-order valence-corrected chi connectivity index (χ1v) is 12.2. The molecule has 0 bridgehead atoms. The first kappa shape index (κ1) is 22.5. The van der Waals surface area contributed by atoms with Crippen LogP contribution in [0, 0.1) is 5.41 Å². The number of ether oxygens (including phenoxy) is 1. The van der Waals surface area contributed by atoms with Crippen LogP contribution in [-0.4, -0.2) is 36.9 Å². The van der Waals surface area contributed by atoms with Gasteiger partial charge in [0, 0.05) is 40.7 Å². The Balaban J connectivity index is 1.71. The number of nitrogens with zero attached hydrogens (tertiary/aromatic N) is 1. The van der Waals surface area contributed by atoms with Gasteiger partial charge in [0.25, 0.3) is 0 Å². The van der Waals surface area contributed by atoms with Gasteiger partial charge in [0.1, 0.15) is 5.75 Å². The van der Waals surface area contributed by atoms with Crippen molar-refractivity contribution < 1.29 is 26.7 Å². The smallest absolute Gasteiger partial charge is 0.387 e. The maximum absolute atomic E-state index is 12.9. The van der Waals surface area contributed by atoms with E-state index in [4.69, 9.17) is 0 Å². The summed E-state index contributed by atoms with van der Waals surface area (Å²) in [7, 11) is -3.02. The Hall–Kier alpha value is -2.74. The van der Waals surface area contributed by atoms with Gasteiger partial charge in [-0.25, -0.2) is 8.42 Å². The molecule has 1 aromatic heterocycles. The molecule has 3 aromatic rings. The second kappa shape index (κ2) is 7.99. The van der Waals surface area contributed by atoms with Crippen molar-refractivity contribution >= 4 is 26.5 Å². The summed E-state index contributed by atoms with van der Waals surface area (Å²) in [6.07, 6.45) is 2.13. The van der Waals surface area contributed by atoms with E-state index in [0.717, 1.165) is 16.5 Å². The summed E-state index contributed by atoms with van der Waals surface area (Å²) in [6, 6.07) is 11.9. The van der Waals surface area contributed by atoms with Crippen LogP contribution in [-0.2, 0) is 9.84 Å². The number of Topliss-reactive ketones (excluding diaryl/α,β-unsaturated/α-hetero) is 1. The number of alkyl halides is 2. The van der Waals surface area contributed by atoms with Crippen LogP contribution in [0.5, 0.6) is 5.75 Å². The summed E-state index contributed by atoms with van der Waals surface area (Å²) >= 11 is 0. The molecular formula is C24H25F2NO4S. The zero-order valence-electron chi connectivity index (χ0n) is 18.1. The number of carbonyl (C=O) groups excluding carboxylic acids is 1. The molecule has 2 heterocycles. The van der Waals surface area contributed by atoms with Gasteiger partial charge in [0.2, 0.25) is 0 Å². The van der Waals surface area contributed by atoms with Gasteiger partial charge >= 0.3 is 6.61 Å². The van der Waals surface area contributed by atoms with Crippen LogP contribution < -0.4 is 4.74 Å². The van der Waals surface area contributed by atoms with E-state index < -0.39 is 21.9 Å². The Morgan fingerprint density at radius 3 is 2.50 bits per heavy atom. The maximum Gasteiger partial charge on any atom is 0.387 e. The molecule has 0 saturated carbocycles. The van der Waals surface area contributed by atoms with Gasteiger partial charge in [-0.1, -0.05) is 26.8 Å². The van der Waals surface area contributed by atoms with E-state index in [0.29, 0.717) is 11.3 Å². The molecule has 0 aliphatic carbocycles. The minimum absolute atomic E-state index is 0.0403. The number of fused-ring (bicyclic) bond motifs is 1. The first-order chi connectivity index (χ1) is 15.0. The molecule has 1 saturated heterocycles. The molecule has 5 nitrogen and oxygen atoms in total. The van der Waals surface area contributed by atoms with Crippen molar-refractivity contribution in [1.82, 2.24) is 4.57 Å². The van der Waals surface area contributed by atoms with E-state index in [1.165, 1.54) is 6.07 Å². The number of halogens is 2. The van der Waals surface area contributed by atoms with Gasteiger partial charge < -0.3 is 9.30 Å². The van der Waals surface area contributed by atoms with E-state index in [2.05, 4.69) is 4.74 Å². The number of aromatic nitrogens is 1. The van der Waals surface area contributed by atoms with Crippen LogP contribution in [0.2, 0.25) is 0 Å². The van der Waals surface area contributed by atoms with E-state index in [1.54, 1.807) is 24.3 Å². The van der Waals surface area contributed by atoms with Gasteiger partial charge in [-0.2, -0.15) is 8.78 Å². The fourth-order valence-corrected chi connectivity index (χ4v) is 6.77. The summed E-state index contributed by atoms with van der Waals surface area (Å²) in [4.78, 5) is 12.9. The van der Waals surface area contributed by atoms with Crippen LogP contribution in [0.15, 0.2) is 48.7 Å². The summed E-state index contributed by atoms with van der Waals surface area (Å²) in [5.41, 5.74) is 2.57. The molecule has 0 radical (unpaired) electrons. The lowest BCUT2D eigenvalue weighted by Gasteiger charge is -2.37. The average Bonchev–Trinajstić information content (AvgIpc) is 3.05. The number of ketones is 1. The van der Waals surface area contributed by atoms with Crippen molar-refractivity contribution in [2.45, 2.75) is 39.7 Å². The summed E-state index contributed by atoms with van der Waals surface area (Å²) in [5, 5.41) is 0.900. The number of rotatable bonds is 7. The number of hydrogen-bond donors (Lipinski definition) is 0. The highest BCUT2D eigenvalue weighted by Crippen LogP contribution is 2.38. The van der Waals surface area contributed by atoms with E-state index in [1.807, 2.05) is 43.7 Å². The second-order valence-electron chi connectivity index (χ2n) is 9.16. The zero-order chi connectivity index (χ0) is 23.3. The molecule has 0 amide bonds. The number of benzene rings is 2. The zero-order valence-corrected chi connectivity index (χ0v) is 19.0. The quantitative estimate of drug-likeness (QED) is 0.444. The van der Waals surface area contributed by atoms with Crippen molar-refractivity contribution in [3.05, 3.63) is 59.8 Å². The van der Waals surface area contributed by atoms with Crippen molar-refractivity contribution in [3.63, 3.8) is 0 Å². The Morgan fingerprint density at radius 1 is 1.16 bits per heavy atom. The van der Waals surface area contributed by atoms with E-state index in [9.17, 15) is 22.0 Å². The number of carbonyl (C=O) groups is 1. The molecule has 170 valence electrons. The predicted molar refractivity (Wildman–Crippen MR) is 120 cm³/mol. The largest absolute Gasteiger partial charge is 0.435 e. The van der Waals surface area contributed by atoms with Gasteiger partial charge in [-0.15, -0.1) is 0 Å². The van der Waals surface area contributed by atoms with Gasteiger partial charge in [-0.3, -0.25) is 4.79 Å². The van der Waals surface area contributed by atoms with Gasteiger partial charge in [0.15, 0.2) is 15.6 Å². The molecule has 0 unspecified atom stereocenters. The van der Waals surface area contributed by atoms with Crippen LogP contribution in [0.1, 0.15) is 49.0 Å². The van der Waals surface area contributed by atoms with E-state index >= 15 is 0 Å². The Bertz CT molecular complexity index is 1280. The lowest BCUT2D eigenvalue weighted by atomic mass is 9.86. The molecule has 0 spiro atoms. The molecule has 1 fully saturated rings. The molecule has 8 heteroatoms. The fourth-order valence-electron chi connectivity index (χ4n) is 4.52. The lowest BCUT2D eigenvalue weighted by molar-refractivity contribution is -0.0498. The number of hydrogen-bond acceptors (Lipinski definition) is 4. The monoisotopic (exact) mass is 461 g/mol. The predicted octanol–water partition coefficient (Wildman–Crippen LogP) is 5.36. The molecule has 0 atom stereocenters. The Labute approximate surface area is 185 Å². The Kier molecular flexibility index (Phi) is 5.61. The topological polar surface area (TPSA) is 65.4 Å². The maximum atomic E-state index is 12.9. The highest BCUT2D eigenvalue weighted by atomic mass is 32.2. The van der Waals surface area contributed by atoms with Crippen molar-refractivity contribution in [1.29, 1.82) is 0 Å².